The number of benzene rings is 1. The first-order valence-electron chi connectivity index (χ1n) is 7.46. The van der Waals surface area contributed by atoms with Gasteiger partial charge < -0.3 is 9.88 Å². The van der Waals surface area contributed by atoms with E-state index in [1.807, 2.05) is 18.5 Å². The molecule has 1 aromatic heterocycles. The molecular formula is C16H24N4S. The highest BCUT2D eigenvalue weighted by Gasteiger charge is 2.13. The maximum atomic E-state index is 4.22. The fourth-order valence-electron chi connectivity index (χ4n) is 2.18. The normalized spacial score (nSPS) is 12.6. The van der Waals surface area contributed by atoms with E-state index in [-0.39, 0.29) is 0 Å². The molecule has 0 amide bonds. The molecule has 1 unspecified atom stereocenters. The quantitative estimate of drug-likeness (QED) is 0.798. The number of rotatable bonds is 7. The number of thioether (sulfide) groups is 1. The third-order valence-corrected chi connectivity index (χ3v) is 4.79. The Bertz CT molecular complexity index is 562. The van der Waals surface area contributed by atoms with Crippen LogP contribution in [0.1, 0.15) is 36.8 Å². The zero-order valence-corrected chi connectivity index (χ0v) is 14.1. The lowest BCUT2D eigenvalue weighted by Gasteiger charge is -2.18. The van der Waals surface area contributed by atoms with E-state index in [1.165, 1.54) is 11.1 Å². The molecule has 5 heteroatoms. The molecule has 1 aromatic carbocycles. The molecule has 2 rings (SSSR count). The van der Waals surface area contributed by atoms with Gasteiger partial charge in [-0.1, -0.05) is 49.9 Å². The van der Waals surface area contributed by atoms with Gasteiger partial charge in [-0.2, -0.15) is 0 Å². The molecule has 0 radical (unpaired) electrons. The Morgan fingerprint density at radius 2 is 1.90 bits per heavy atom. The van der Waals surface area contributed by atoms with E-state index in [1.54, 1.807) is 11.8 Å². The fraction of sp³-hybridized carbons (Fsp3) is 0.500. The molecular weight excluding hydrogens is 280 g/mol. The summed E-state index contributed by atoms with van der Waals surface area (Å²) in [5.41, 5.74) is 2.71. The number of nitrogens with zero attached hydrogens (tertiary/aromatic N) is 3. The van der Waals surface area contributed by atoms with Gasteiger partial charge >= 0.3 is 0 Å². The van der Waals surface area contributed by atoms with Gasteiger partial charge in [0.1, 0.15) is 5.82 Å². The predicted octanol–water partition coefficient (Wildman–Crippen LogP) is 3.13. The Labute approximate surface area is 131 Å². The second-order valence-electron chi connectivity index (χ2n) is 5.11. The van der Waals surface area contributed by atoms with Crippen LogP contribution in [-0.4, -0.2) is 27.1 Å². The number of aryl methyl sites for hydroxylation is 2. The van der Waals surface area contributed by atoms with Crippen LogP contribution >= 0.6 is 11.8 Å². The molecule has 1 atom stereocenters. The Morgan fingerprint density at radius 3 is 2.43 bits per heavy atom. The molecule has 0 aliphatic rings. The Balaban J connectivity index is 2.06. The maximum Gasteiger partial charge on any atom is 0.191 e. The van der Waals surface area contributed by atoms with Crippen molar-refractivity contribution in [2.24, 2.45) is 7.05 Å². The third-order valence-electron chi connectivity index (χ3n) is 3.67. The standard InChI is InChI=1S/C16H24N4S/c1-5-13-7-9-14(10-8-13)15(17-6-2)11-21-16-19-18-12(3)20(16)4/h7-10,15,17H,5-6,11H2,1-4H3. The monoisotopic (exact) mass is 304 g/mol. The van der Waals surface area contributed by atoms with Gasteiger partial charge in [-0.3, -0.25) is 0 Å². The van der Waals surface area contributed by atoms with Crippen LogP contribution in [0.4, 0.5) is 0 Å². The van der Waals surface area contributed by atoms with Gasteiger partial charge in [0, 0.05) is 18.8 Å². The highest BCUT2D eigenvalue weighted by atomic mass is 32.2. The van der Waals surface area contributed by atoms with Crippen molar-refractivity contribution >= 4 is 11.8 Å². The van der Waals surface area contributed by atoms with Gasteiger partial charge in [0.15, 0.2) is 5.16 Å². The zero-order valence-electron chi connectivity index (χ0n) is 13.3. The largest absolute Gasteiger partial charge is 0.309 e. The van der Waals surface area contributed by atoms with Crippen molar-refractivity contribution in [1.29, 1.82) is 0 Å². The highest BCUT2D eigenvalue weighted by molar-refractivity contribution is 7.99. The van der Waals surface area contributed by atoms with Crippen LogP contribution < -0.4 is 5.32 Å². The number of nitrogens with one attached hydrogen (secondary N) is 1. The first-order valence-corrected chi connectivity index (χ1v) is 8.45. The van der Waals surface area contributed by atoms with Gasteiger partial charge in [0.2, 0.25) is 0 Å². The van der Waals surface area contributed by atoms with Crippen LogP contribution in [0.3, 0.4) is 0 Å². The summed E-state index contributed by atoms with van der Waals surface area (Å²) in [6.07, 6.45) is 1.08. The highest BCUT2D eigenvalue weighted by Crippen LogP contribution is 2.24. The van der Waals surface area contributed by atoms with Crippen LogP contribution in [0, 0.1) is 6.92 Å². The van der Waals surface area contributed by atoms with Crippen LogP contribution in [0.5, 0.6) is 0 Å². The van der Waals surface area contributed by atoms with E-state index in [4.69, 9.17) is 0 Å². The molecule has 2 aromatic rings. The minimum Gasteiger partial charge on any atom is -0.309 e. The van der Waals surface area contributed by atoms with E-state index < -0.39 is 0 Å². The second-order valence-corrected chi connectivity index (χ2v) is 6.09. The van der Waals surface area contributed by atoms with Gasteiger partial charge in [0.25, 0.3) is 0 Å². The number of hydrogen-bond donors (Lipinski definition) is 1. The SMILES string of the molecule is CCNC(CSc1nnc(C)n1C)c1ccc(CC)cc1. The van der Waals surface area contributed by atoms with E-state index in [0.29, 0.717) is 6.04 Å². The molecule has 0 saturated heterocycles. The van der Waals surface area contributed by atoms with Crippen molar-refractivity contribution in [1.82, 2.24) is 20.1 Å². The lowest BCUT2D eigenvalue weighted by Crippen LogP contribution is -2.23. The van der Waals surface area contributed by atoms with E-state index >= 15 is 0 Å². The molecule has 21 heavy (non-hydrogen) atoms. The molecule has 0 spiro atoms. The van der Waals surface area contributed by atoms with Crippen LogP contribution in [0.2, 0.25) is 0 Å². The van der Waals surface area contributed by atoms with Gasteiger partial charge in [-0.15, -0.1) is 10.2 Å². The van der Waals surface area contributed by atoms with Crippen molar-refractivity contribution in [3.8, 4) is 0 Å². The molecule has 1 N–H and O–H groups in total. The molecule has 114 valence electrons. The van der Waals surface area contributed by atoms with Gasteiger partial charge in [-0.25, -0.2) is 0 Å². The average molecular weight is 304 g/mol. The molecule has 0 saturated carbocycles. The Morgan fingerprint density at radius 1 is 1.19 bits per heavy atom. The molecule has 0 aliphatic heterocycles. The van der Waals surface area contributed by atoms with Gasteiger partial charge in [0.05, 0.1) is 0 Å². The molecule has 0 fully saturated rings. The van der Waals surface area contributed by atoms with Crippen molar-refractivity contribution in [3.05, 3.63) is 41.2 Å². The first-order chi connectivity index (χ1) is 10.2. The second kappa shape index (κ2) is 7.61. The first kappa shape index (κ1) is 16.0. The van der Waals surface area contributed by atoms with E-state index in [9.17, 15) is 0 Å². The van der Waals surface area contributed by atoms with Crippen molar-refractivity contribution in [2.45, 2.75) is 38.4 Å². The molecule has 4 nitrogen and oxygen atoms in total. The Kier molecular flexibility index (Phi) is 5.82. The van der Waals surface area contributed by atoms with Crippen molar-refractivity contribution in [3.63, 3.8) is 0 Å². The third kappa shape index (κ3) is 4.08. The summed E-state index contributed by atoms with van der Waals surface area (Å²) in [6.45, 7) is 7.26. The summed E-state index contributed by atoms with van der Waals surface area (Å²) < 4.78 is 2.04. The minimum absolute atomic E-state index is 0.336. The Hall–Kier alpha value is -1.33. The smallest absolute Gasteiger partial charge is 0.191 e. The summed E-state index contributed by atoms with van der Waals surface area (Å²) in [6, 6.07) is 9.24. The van der Waals surface area contributed by atoms with E-state index in [2.05, 4.69) is 53.6 Å². The van der Waals surface area contributed by atoms with Gasteiger partial charge in [-0.05, 0) is 31.0 Å². The fourth-order valence-corrected chi connectivity index (χ4v) is 3.23. The average Bonchev–Trinajstić information content (AvgIpc) is 2.83. The summed E-state index contributed by atoms with van der Waals surface area (Å²) in [4.78, 5) is 0. The topological polar surface area (TPSA) is 42.7 Å². The lowest BCUT2D eigenvalue weighted by molar-refractivity contribution is 0.604. The lowest BCUT2D eigenvalue weighted by atomic mass is 10.1. The van der Waals surface area contributed by atoms with Crippen molar-refractivity contribution < 1.29 is 0 Å². The predicted molar refractivity (Wildman–Crippen MR) is 88.7 cm³/mol. The van der Waals surface area contributed by atoms with E-state index in [0.717, 1.165) is 29.7 Å². The number of hydrogen-bond acceptors (Lipinski definition) is 4. The molecule has 0 bridgehead atoms. The summed E-state index contributed by atoms with van der Waals surface area (Å²) in [5, 5.41) is 12.9. The minimum atomic E-state index is 0.336. The summed E-state index contributed by atoms with van der Waals surface area (Å²) in [5.74, 6) is 1.90. The van der Waals surface area contributed by atoms with Crippen LogP contribution in [0.25, 0.3) is 0 Å². The molecule has 0 aliphatic carbocycles. The summed E-state index contributed by atoms with van der Waals surface area (Å²) in [7, 11) is 2.01. The summed E-state index contributed by atoms with van der Waals surface area (Å²) >= 11 is 1.75. The molecule has 1 heterocycles. The van der Waals surface area contributed by atoms with Crippen LogP contribution in [0.15, 0.2) is 29.4 Å². The maximum absolute atomic E-state index is 4.22. The van der Waals surface area contributed by atoms with Crippen LogP contribution in [-0.2, 0) is 13.5 Å². The zero-order chi connectivity index (χ0) is 15.2. The number of aromatic nitrogens is 3. The van der Waals surface area contributed by atoms with Crippen molar-refractivity contribution in [2.75, 3.05) is 12.3 Å².